The minimum Gasteiger partial charge on any atom is -0.473 e. The maximum atomic E-state index is 11.5. The summed E-state index contributed by atoms with van der Waals surface area (Å²) in [5.74, 6) is 0.716. The number of pyridine rings is 1. The highest BCUT2D eigenvalue weighted by Crippen LogP contribution is 2.30. The second kappa shape index (κ2) is 5.87. The lowest BCUT2D eigenvalue weighted by Gasteiger charge is -2.19. The first-order chi connectivity index (χ1) is 12.0. The summed E-state index contributed by atoms with van der Waals surface area (Å²) in [7, 11) is 1.91. The lowest BCUT2D eigenvalue weighted by atomic mass is 10.0. The van der Waals surface area contributed by atoms with Gasteiger partial charge in [0.05, 0.1) is 17.5 Å². The van der Waals surface area contributed by atoms with Crippen LogP contribution in [0.4, 0.5) is 0 Å². The molecule has 0 saturated carbocycles. The molecular formula is C17H20N6O2. The van der Waals surface area contributed by atoms with Crippen molar-refractivity contribution in [2.45, 2.75) is 26.4 Å². The van der Waals surface area contributed by atoms with Gasteiger partial charge in [-0.3, -0.25) is 9.89 Å². The number of H-pyrrole nitrogens is 1. The molecule has 1 aliphatic rings. The van der Waals surface area contributed by atoms with Gasteiger partial charge < -0.3 is 14.6 Å². The van der Waals surface area contributed by atoms with Crippen molar-refractivity contribution in [1.82, 2.24) is 30.0 Å². The molecule has 4 rings (SSSR count). The van der Waals surface area contributed by atoms with E-state index in [1.807, 2.05) is 37.6 Å². The fourth-order valence-corrected chi connectivity index (χ4v) is 3.13. The van der Waals surface area contributed by atoms with Crippen LogP contribution < -0.4 is 10.1 Å². The number of rotatable bonds is 4. The topological polar surface area (TPSA) is 97.7 Å². The van der Waals surface area contributed by atoms with Crippen LogP contribution in [-0.4, -0.2) is 43.3 Å². The number of nitrogens with zero attached hydrogens (tertiary/aromatic N) is 4. The van der Waals surface area contributed by atoms with Gasteiger partial charge >= 0.3 is 0 Å². The number of amides is 1. The van der Waals surface area contributed by atoms with Crippen molar-refractivity contribution in [2.24, 2.45) is 13.0 Å². The quantitative estimate of drug-likeness (QED) is 0.751. The third-order valence-corrected chi connectivity index (χ3v) is 4.60. The van der Waals surface area contributed by atoms with Crippen LogP contribution in [0.2, 0.25) is 0 Å². The molecule has 1 unspecified atom stereocenters. The van der Waals surface area contributed by atoms with Crippen LogP contribution in [0.15, 0.2) is 18.5 Å². The third kappa shape index (κ3) is 2.84. The van der Waals surface area contributed by atoms with Crippen LogP contribution in [0.1, 0.15) is 19.0 Å². The first-order valence-electron chi connectivity index (χ1n) is 8.29. The van der Waals surface area contributed by atoms with Gasteiger partial charge in [-0.25, -0.2) is 9.97 Å². The van der Waals surface area contributed by atoms with E-state index in [1.165, 1.54) is 0 Å². The molecule has 3 aromatic heterocycles. The number of aromatic nitrogens is 5. The van der Waals surface area contributed by atoms with Crippen LogP contribution in [0.3, 0.4) is 0 Å². The SMILES string of the molecule is Cc1cc(-c2cc3ncn(C)c3c(O[C@H](C)C3CNC(=O)C3)n2)n[nH]1. The van der Waals surface area contributed by atoms with Crippen molar-refractivity contribution < 1.29 is 9.53 Å². The minimum absolute atomic E-state index is 0.0693. The number of aromatic amines is 1. The number of imidazole rings is 1. The number of fused-ring (bicyclic) bond motifs is 1. The highest BCUT2D eigenvalue weighted by Gasteiger charge is 2.29. The Morgan fingerprint density at radius 1 is 1.36 bits per heavy atom. The molecule has 1 saturated heterocycles. The van der Waals surface area contributed by atoms with Crippen molar-refractivity contribution >= 4 is 16.9 Å². The molecule has 3 aromatic rings. The van der Waals surface area contributed by atoms with Gasteiger partial charge in [0.15, 0.2) is 0 Å². The van der Waals surface area contributed by atoms with Gasteiger partial charge in [0.2, 0.25) is 11.8 Å². The Balaban J connectivity index is 1.73. The predicted molar refractivity (Wildman–Crippen MR) is 92.0 cm³/mol. The van der Waals surface area contributed by atoms with E-state index in [-0.39, 0.29) is 17.9 Å². The number of carbonyl (C=O) groups excluding carboxylic acids is 1. The lowest BCUT2D eigenvalue weighted by molar-refractivity contribution is -0.119. The summed E-state index contributed by atoms with van der Waals surface area (Å²) >= 11 is 0. The summed E-state index contributed by atoms with van der Waals surface area (Å²) < 4.78 is 8.06. The highest BCUT2D eigenvalue weighted by molar-refractivity contribution is 5.84. The number of nitrogens with one attached hydrogen (secondary N) is 2. The van der Waals surface area contributed by atoms with Crippen LogP contribution in [-0.2, 0) is 11.8 Å². The van der Waals surface area contributed by atoms with Gasteiger partial charge in [-0.2, -0.15) is 5.10 Å². The summed E-state index contributed by atoms with van der Waals surface area (Å²) in [6, 6.07) is 3.84. The van der Waals surface area contributed by atoms with Crippen molar-refractivity contribution in [1.29, 1.82) is 0 Å². The Bertz CT molecular complexity index is 944. The molecule has 0 radical (unpaired) electrons. The fourth-order valence-electron chi connectivity index (χ4n) is 3.13. The molecule has 25 heavy (non-hydrogen) atoms. The molecule has 0 aromatic carbocycles. The smallest absolute Gasteiger partial charge is 0.241 e. The molecule has 0 bridgehead atoms. The zero-order valence-corrected chi connectivity index (χ0v) is 14.4. The Morgan fingerprint density at radius 2 is 2.20 bits per heavy atom. The summed E-state index contributed by atoms with van der Waals surface area (Å²) in [6.45, 7) is 4.55. The van der Waals surface area contributed by atoms with Crippen LogP contribution in [0.5, 0.6) is 5.88 Å². The lowest BCUT2D eigenvalue weighted by Crippen LogP contribution is -2.26. The van der Waals surface area contributed by atoms with Crippen LogP contribution in [0, 0.1) is 12.8 Å². The number of aryl methyl sites for hydroxylation is 2. The largest absolute Gasteiger partial charge is 0.473 e. The Labute approximate surface area is 144 Å². The zero-order valence-electron chi connectivity index (χ0n) is 14.4. The summed E-state index contributed by atoms with van der Waals surface area (Å²) in [6.07, 6.45) is 2.08. The first kappa shape index (κ1) is 15.6. The summed E-state index contributed by atoms with van der Waals surface area (Å²) in [4.78, 5) is 20.6. The second-order valence-electron chi connectivity index (χ2n) is 6.56. The normalized spacial score (nSPS) is 18.5. The summed E-state index contributed by atoms with van der Waals surface area (Å²) in [5.41, 5.74) is 4.05. The average molecular weight is 340 g/mol. The van der Waals surface area contributed by atoms with Crippen molar-refractivity contribution in [2.75, 3.05) is 6.54 Å². The Kier molecular flexibility index (Phi) is 3.67. The van der Waals surface area contributed by atoms with Crippen molar-refractivity contribution in [3.8, 4) is 17.3 Å². The molecule has 0 aliphatic carbocycles. The van der Waals surface area contributed by atoms with E-state index < -0.39 is 0 Å². The van der Waals surface area contributed by atoms with E-state index in [0.29, 0.717) is 24.5 Å². The second-order valence-corrected chi connectivity index (χ2v) is 6.56. The number of hydrogen-bond acceptors (Lipinski definition) is 5. The number of carbonyl (C=O) groups is 1. The molecule has 1 amide bonds. The molecule has 2 N–H and O–H groups in total. The van der Waals surface area contributed by atoms with E-state index in [2.05, 4.69) is 25.5 Å². The standard InChI is InChI=1S/C17H20N6O2/c1-9-4-13(22-21-9)12-6-14-16(23(3)8-19-14)17(20-12)25-10(2)11-5-15(24)18-7-11/h4,6,8,10-11H,5,7H2,1-3H3,(H,18,24)(H,21,22)/t10-,11?/m1/s1. The monoisotopic (exact) mass is 340 g/mol. The average Bonchev–Trinajstić information content (AvgIpc) is 3.28. The van der Waals surface area contributed by atoms with Gasteiger partial charge in [0.1, 0.15) is 17.3 Å². The molecule has 1 fully saturated rings. The van der Waals surface area contributed by atoms with E-state index in [4.69, 9.17) is 4.74 Å². The number of ether oxygens (including phenoxy) is 1. The van der Waals surface area contributed by atoms with E-state index >= 15 is 0 Å². The third-order valence-electron chi connectivity index (χ3n) is 4.60. The Morgan fingerprint density at radius 3 is 2.88 bits per heavy atom. The van der Waals surface area contributed by atoms with Crippen LogP contribution >= 0.6 is 0 Å². The maximum absolute atomic E-state index is 11.5. The van der Waals surface area contributed by atoms with Gasteiger partial charge in [0.25, 0.3) is 0 Å². The van der Waals surface area contributed by atoms with Gasteiger partial charge in [0, 0.05) is 31.6 Å². The molecule has 2 atom stereocenters. The molecular weight excluding hydrogens is 320 g/mol. The maximum Gasteiger partial charge on any atom is 0.241 e. The molecule has 4 heterocycles. The minimum atomic E-state index is -0.138. The predicted octanol–water partition coefficient (Wildman–Crippen LogP) is 1.57. The summed E-state index contributed by atoms with van der Waals surface area (Å²) in [5, 5.41) is 10.1. The fraction of sp³-hybridized carbons (Fsp3) is 0.412. The van der Waals surface area contributed by atoms with Gasteiger partial charge in [-0.05, 0) is 26.0 Å². The molecule has 8 heteroatoms. The zero-order chi connectivity index (χ0) is 17.6. The molecule has 130 valence electrons. The van der Waals surface area contributed by atoms with Gasteiger partial charge in [-0.1, -0.05) is 0 Å². The van der Waals surface area contributed by atoms with Crippen LogP contribution in [0.25, 0.3) is 22.4 Å². The van der Waals surface area contributed by atoms with E-state index in [0.717, 1.165) is 22.4 Å². The molecule has 8 nitrogen and oxygen atoms in total. The first-order valence-corrected chi connectivity index (χ1v) is 8.29. The van der Waals surface area contributed by atoms with Crippen molar-refractivity contribution in [3.05, 3.63) is 24.2 Å². The Hall–Kier alpha value is -2.90. The highest BCUT2D eigenvalue weighted by atomic mass is 16.5. The van der Waals surface area contributed by atoms with E-state index in [9.17, 15) is 4.79 Å². The number of hydrogen-bond donors (Lipinski definition) is 2. The molecule has 0 spiro atoms. The van der Waals surface area contributed by atoms with Crippen molar-refractivity contribution in [3.63, 3.8) is 0 Å². The van der Waals surface area contributed by atoms with E-state index in [1.54, 1.807) is 6.33 Å². The van der Waals surface area contributed by atoms with Gasteiger partial charge in [-0.15, -0.1) is 0 Å². The molecule has 1 aliphatic heterocycles.